The Morgan fingerprint density at radius 1 is 1.53 bits per heavy atom. The number of pyridine rings is 1. The molecule has 0 N–H and O–H groups in total. The highest BCUT2D eigenvalue weighted by Gasteiger charge is 2.23. The SMILES string of the molecule is COc1cc2c(C)ccnc2c([N+](=O)[O-])c1Cl. The predicted octanol–water partition coefficient (Wildman–Crippen LogP) is 3.11. The van der Waals surface area contributed by atoms with Crippen LogP contribution in [0, 0.1) is 17.0 Å². The van der Waals surface area contributed by atoms with Crippen LogP contribution in [-0.4, -0.2) is 17.0 Å². The molecule has 0 fully saturated rings. The molecule has 2 aromatic rings. The number of hydrogen-bond acceptors (Lipinski definition) is 4. The van der Waals surface area contributed by atoms with E-state index in [1.165, 1.54) is 13.3 Å². The minimum Gasteiger partial charge on any atom is -0.495 e. The van der Waals surface area contributed by atoms with Crippen LogP contribution in [0.3, 0.4) is 0 Å². The molecule has 1 heterocycles. The van der Waals surface area contributed by atoms with E-state index >= 15 is 0 Å². The normalized spacial score (nSPS) is 10.5. The minimum absolute atomic E-state index is 0.0249. The topological polar surface area (TPSA) is 65.3 Å². The Morgan fingerprint density at radius 3 is 2.82 bits per heavy atom. The number of ether oxygens (including phenoxy) is 1. The maximum Gasteiger partial charge on any atom is 0.317 e. The summed E-state index contributed by atoms with van der Waals surface area (Å²) in [6.07, 6.45) is 1.52. The molecule has 5 nitrogen and oxygen atoms in total. The Bertz CT molecular complexity index is 613. The number of fused-ring (bicyclic) bond motifs is 1. The van der Waals surface area contributed by atoms with Crippen LogP contribution in [0.15, 0.2) is 18.3 Å². The van der Waals surface area contributed by atoms with Gasteiger partial charge in [0.25, 0.3) is 0 Å². The number of hydrogen-bond donors (Lipinski definition) is 0. The van der Waals surface area contributed by atoms with Gasteiger partial charge in [-0.2, -0.15) is 0 Å². The fraction of sp³-hybridized carbons (Fsp3) is 0.182. The lowest BCUT2D eigenvalue weighted by Crippen LogP contribution is -1.96. The molecule has 0 aliphatic rings. The monoisotopic (exact) mass is 252 g/mol. The molecule has 0 radical (unpaired) electrons. The molecule has 0 spiro atoms. The molecule has 0 bridgehead atoms. The molecule has 6 heteroatoms. The molecule has 0 saturated carbocycles. The lowest BCUT2D eigenvalue weighted by atomic mass is 10.1. The van der Waals surface area contributed by atoms with Crippen molar-refractivity contribution in [3.05, 3.63) is 39.0 Å². The summed E-state index contributed by atoms with van der Waals surface area (Å²) in [6.45, 7) is 1.85. The van der Waals surface area contributed by atoms with E-state index in [1.807, 2.05) is 6.92 Å². The number of rotatable bonds is 2. The molecular weight excluding hydrogens is 244 g/mol. The van der Waals surface area contributed by atoms with E-state index < -0.39 is 4.92 Å². The van der Waals surface area contributed by atoms with Crippen molar-refractivity contribution < 1.29 is 9.66 Å². The van der Waals surface area contributed by atoms with Crippen LogP contribution < -0.4 is 4.74 Å². The second-order valence-corrected chi connectivity index (χ2v) is 3.90. The van der Waals surface area contributed by atoms with Crippen molar-refractivity contribution in [2.24, 2.45) is 0 Å². The fourth-order valence-electron chi connectivity index (χ4n) is 1.67. The van der Waals surface area contributed by atoms with E-state index in [2.05, 4.69) is 4.98 Å². The Kier molecular flexibility index (Phi) is 2.85. The van der Waals surface area contributed by atoms with Crippen LogP contribution in [0.4, 0.5) is 5.69 Å². The zero-order valence-electron chi connectivity index (χ0n) is 9.23. The van der Waals surface area contributed by atoms with Gasteiger partial charge in [0.2, 0.25) is 0 Å². The van der Waals surface area contributed by atoms with Gasteiger partial charge in [0.1, 0.15) is 11.3 Å². The minimum atomic E-state index is -0.542. The van der Waals surface area contributed by atoms with Gasteiger partial charge in [-0.15, -0.1) is 0 Å². The summed E-state index contributed by atoms with van der Waals surface area (Å²) in [5.74, 6) is 0.280. The highest BCUT2D eigenvalue weighted by Crippen LogP contribution is 2.40. The molecule has 1 aromatic heterocycles. The molecule has 0 amide bonds. The van der Waals surface area contributed by atoms with E-state index in [-0.39, 0.29) is 22.0 Å². The van der Waals surface area contributed by atoms with Gasteiger partial charge in [0, 0.05) is 11.6 Å². The van der Waals surface area contributed by atoms with Crippen LogP contribution in [0.1, 0.15) is 5.56 Å². The number of nitrogens with zero attached hydrogens (tertiary/aromatic N) is 2. The smallest absolute Gasteiger partial charge is 0.317 e. The van der Waals surface area contributed by atoms with E-state index in [9.17, 15) is 10.1 Å². The first-order valence-electron chi connectivity index (χ1n) is 4.82. The van der Waals surface area contributed by atoms with E-state index in [0.29, 0.717) is 5.39 Å². The average molecular weight is 253 g/mol. The Balaban J connectivity index is 2.97. The van der Waals surface area contributed by atoms with Crippen molar-refractivity contribution >= 4 is 28.2 Å². The number of halogens is 1. The number of aromatic nitrogens is 1. The molecule has 0 atom stereocenters. The average Bonchev–Trinajstić information content (AvgIpc) is 2.28. The predicted molar refractivity (Wildman–Crippen MR) is 64.7 cm³/mol. The van der Waals surface area contributed by atoms with E-state index in [0.717, 1.165) is 5.56 Å². The summed E-state index contributed by atoms with van der Waals surface area (Å²) in [7, 11) is 1.42. The summed E-state index contributed by atoms with van der Waals surface area (Å²) >= 11 is 5.93. The first kappa shape index (κ1) is 11.6. The van der Waals surface area contributed by atoms with E-state index in [1.54, 1.807) is 12.1 Å². The molecule has 0 unspecified atom stereocenters. The number of methoxy groups -OCH3 is 1. The molecule has 0 aliphatic heterocycles. The van der Waals surface area contributed by atoms with Crippen molar-refractivity contribution in [1.82, 2.24) is 4.98 Å². The Hall–Kier alpha value is -1.88. The zero-order chi connectivity index (χ0) is 12.6. The maximum atomic E-state index is 11.0. The molecule has 17 heavy (non-hydrogen) atoms. The van der Waals surface area contributed by atoms with Gasteiger partial charge in [-0.25, -0.2) is 4.98 Å². The van der Waals surface area contributed by atoms with Gasteiger partial charge in [0.15, 0.2) is 5.02 Å². The first-order chi connectivity index (χ1) is 8.06. The van der Waals surface area contributed by atoms with Gasteiger partial charge in [-0.1, -0.05) is 11.6 Å². The summed E-state index contributed by atoms with van der Waals surface area (Å²) in [6, 6.07) is 3.44. The van der Waals surface area contributed by atoms with Gasteiger partial charge in [0.05, 0.1) is 12.0 Å². The summed E-state index contributed by atoms with van der Waals surface area (Å²) in [5.41, 5.74) is 0.943. The third-order valence-electron chi connectivity index (χ3n) is 2.53. The number of nitro groups is 1. The van der Waals surface area contributed by atoms with Crippen LogP contribution in [0.2, 0.25) is 5.02 Å². The molecular formula is C11H9ClN2O3. The number of nitro benzene ring substituents is 1. The first-order valence-corrected chi connectivity index (χ1v) is 5.20. The molecule has 0 aliphatic carbocycles. The summed E-state index contributed by atoms with van der Waals surface area (Å²) in [5, 5.41) is 11.7. The van der Waals surface area contributed by atoms with Crippen molar-refractivity contribution in [3.63, 3.8) is 0 Å². The van der Waals surface area contributed by atoms with Crippen molar-refractivity contribution in [1.29, 1.82) is 0 Å². The van der Waals surface area contributed by atoms with Crippen LogP contribution in [-0.2, 0) is 0 Å². The third kappa shape index (κ3) is 1.78. The maximum absolute atomic E-state index is 11.0. The number of benzene rings is 1. The van der Waals surface area contributed by atoms with Crippen LogP contribution in [0.5, 0.6) is 5.75 Å². The van der Waals surface area contributed by atoms with Gasteiger partial charge in [-0.05, 0) is 24.6 Å². The molecule has 2 rings (SSSR count). The van der Waals surface area contributed by atoms with Crippen LogP contribution >= 0.6 is 11.6 Å². The molecule has 1 aromatic carbocycles. The van der Waals surface area contributed by atoms with Gasteiger partial charge >= 0.3 is 5.69 Å². The Morgan fingerprint density at radius 2 is 2.24 bits per heavy atom. The summed E-state index contributed by atoms with van der Waals surface area (Å²) in [4.78, 5) is 14.5. The fourth-order valence-corrected chi connectivity index (χ4v) is 1.96. The highest BCUT2D eigenvalue weighted by molar-refractivity contribution is 6.35. The third-order valence-corrected chi connectivity index (χ3v) is 2.90. The van der Waals surface area contributed by atoms with Gasteiger partial charge < -0.3 is 4.74 Å². The van der Waals surface area contributed by atoms with Crippen molar-refractivity contribution in [3.8, 4) is 5.75 Å². The lowest BCUT2D eigenvalue weighted by Gasteiger charge is -2.07. The molecule has 88 valence electrons. The van der Waals surface area contributed by atoms with Crippen molar-refractivity contribution in [2.45, 2.75) is 6.92 Å². The quantitative estimate of drug-likeness (QED) is 0.608. The summed E-state index contributed by atoms with van der Waals surface area (Å²) < 4.78 is 5.03. The lowest BCUT2D eigenvalue weighted by molar-refractivity contribution is -0.383. The molecule has 0 saturated heterocycles. The standard InChI is InChI=1S/C11H9ClN2O3/c1-6-3-4-13-10-7(6)5-8(17-2)9(12)11(10)14(15)16/h3-5H,1-2H3. The van der Waals surface area contributed by atoms with Crippen molar-refractivity contribution in [2.75, 3.05) is 7.11 Å². The van der Waals surface area contributed by atoms with Gasteiger partial charge in [-0.3, -0.25) is 10.1 Å². The van der Waals surface area contributed by atoms with Crippen LogP contribution in [0.25, 0.3) is 10.9 Å². The Labute approximate surface area is 102 Å². The highest BCUT2D eigenvalue weighted by atomic mass is 35.5. The van der Waals surface area contributed by atoms with E-state index in [4.69, 9.17) is 16.3 Å². The zero-order valence-corrected chi connectivity index (χ0v) is 9.99. The largest absolute Gasteiger partial charge is 0.495 e. The second kappa shape index (κ2) is 4.18. The number of aryl methyl sites for hydroxylation is 1. The second-order valence-electron chi connectivity index (χ2n) is 3.52.